The predicted octanol–water partition coefficient (Wildman–Crippen LogP) is 1.73. The molecule has 1 aliphatic carbocycles. The van der Waals surface area contributed by atoms with Crippen molar-refractivity contribution in [2.24, 2.45) is 5.73 Å². The molecule has 1 saturated carbocycles. The zero-order valence-electron chi connectivity index (χ0n) is 9.41. The van der Waals surface area contributed by atoms with Crippen molar-refractivity contribution in [1.29, 1.82) is 0 Å². The van der Waals surface area contributed by atoms with E-state index in [4.69, 9.17) is 10.3 Å². The third kappa shape index (κ3) is 1.93. The monoisotopic (exact) mass is 230 g/mol. The van der Waals surface area contributed by atoms with Crippen LogP contribution in [0.4, 0.5) is 0 Å². The number of hydrogen-bond acceptors (Lipinski definition) is 5. The van der Waals surface area contributed by atoms with Crippen LogP contribution in [0.15, 0.2) is 29.0 Å². The van der Waals surface area contributed by atoms with Crippen LogP contribution in [0.3, 0.4) is 0 Å². The Bertz CT molecular complexity index is 496. The molecule has 0 aromatic carbocycles. The lowest BCUT2D eigenvalue weighted by molar-refractivity contribution is 0.412. The van der Waals surface area contributed by atoms with Crippen LogP contribution in [-0.4, -0.2) is 21.2 Å². The molecule has 0 saturated heterocycles. The second-order valence-electron chi connectivity index (χ2n) is 4.39. The summed E-state index contributed by atoms with van der Waals surface area (Å²) in [5.41, 5.74) is 6.92. The summed E-state index contributed by atoms with van der Waals surface area (Å²) in [5.74, 6) is 1.53. The maximum Gasteiger partial charge on any atom is 0.258 e. The lowest BCUT2D eigenvalue weighted by atomic mass is 10.0. The fraction of sp³-hybridized carbons (Fsp3) is 0.417. The summed E-state index contributed by atoms with van der Waals surface area (Å²) in [6, 6.07) is 3.87. The van der Waals surface area contributed by atoms with Gasteiger partial charge in [-0.2, -0.15) is 4.98 Å². The van der Waals surface area contributed by atoms with Crippen LogP contribution >= 0.6 is 0 Å². The van der Waals surface area contributed by atoms with Gasteiger partial charge in [0.1, 0.15) is 0 Å². The highest BCUT2D eigenvalue weighted by Gasteiger charge is 2.29. The summed E-state index contributed by atoms with van der Waals surface area (Å²) in [4.78, 5) is 8.38. The average Bonchev–Trinajstić information content (AvgIpc) is 2.98. The molecule has 88 valence electrons. The molecular weight excluding hydrogens is 216 g/mol. The molecule has 5 heteroatoms. The summed E-state index contributed by atoms with van der Waals surface area (Å²) in [6.45, 7) is 0. The molecule has 1 fully saturated rings. The Morgan fingerprint density at radius 1 is 1.24 bits per heavy atom. The van der Waals surface area contributed by atoms with Gasteiger partial charge in [-0.05, 0) is 25.0 Å². The van der Waals surface area contributed by atoms with E-state index in [9.17, 15) is 0 Å². The SMILES string of the molecule is N[C@H]1CCC[C@@H]1c1noc(-c2ccncc2)n1. The first-order valence-corrected chi connectivity index (χ1v) is 5.84. The van der Waals surface area contributed by atoms with Crippen LogP contribution in [0.1, 0.15) is 31.0 Å². The molecule has 0 bridgehead atoms. The molecule has 0 spiro atoms. The third-order valence-corrected chi connectivity index (χ3v) is 3.27. The largest absolute Gasteiger partial charge is 0.334 e. The maximum atomic E-state index is 6.03. The number of nitrogens with two attached hydrogens (primary N) is 1. The van der Waals surface area contributed by atoms with Crippen molar-refractivity contribution < 1.29 is 4.52 Å². The minimum absolute atomic E-state index is 0.165. The van der Waals surface area contributed by atoms with Gasteiger partial charge >= 0.3 is 0 Å². The van der Waals surface area contributed by atoms with Gasteiger partial charge in [-0.3, -0.25) is 4.98 Å². The molecule has 0 unspecified atom stereocenters. The molecule has 3 rings (SSSR count). The zero-order chi connectivity index (χ0) is 11.7. The predicted molar refractivity (Wildman–Crippen MR) is 62.1 cm³/mol. The van der Waals surface area contributed by atoms with E-state index in [-0.39, 0.29) is 12.0 Å². The van der Waals surface area contributed by atoms with Crippen LogP contribution in [0.2, 0.25) is 0 Å². The summed E-state index contributed by atoms with van der Waals surface area (Å²) in [6.07, 6.45) is 6.66. The maximum absolute atomic E-state index is 6.03. The van der Waals surface area contributed by atoms with Gasteiger partial charge in [0.2, 0.25) is 0 Å². The van der Waals surface area contributed by atoms with Gasteiger partial charge in [0, 0.05) is 29.9 Å². The quantitative estimate of drug-likeness (QED) is 0.850. The molecule has 2 heterocycles. The molecular formula is C12H14N4O. The zero-order valence-corrected chi connectivity index (χ0v) is 9.41. The third-order valence-electron chi connectivity index (χ3n) is 3.27. The van der Waals surface area contributed by atoms with Crippen LogP contribution in [-0.2, 0) is 0 Å². The first kappa shape index (κ1) is 10.4. The summed E-state index contributed by atoms with van der Waals surface area (Å²) < 4.78 is 5.27. The van der Waals surface area contributed by atoms with Gasteiger partial charge < -0.3 is 10.3 Å². The molecule has 2 aromatic rings. The molecule has 17 heavy (non-hydrogen) atoms. The number of rotatable bonds is 2. The van der Waals surface area contributed by atoms with Gasteiger partial charge in [-0.25, -0.2) is 0 Å². The molecule has 0 radical (unpaired) electrons. The first-order valence-electron chi connectivity index (χ1n) is 5.84. The minimum atomic E-state index is 0.165. The minimum Gasteiger partial charge on any atom is -0.334 e. The molecule has 5 nitrogen and oxygen atoms in total. The highest BCUT2D eigenvalue weighted by atomic mass is 16.5. The van der Waals surface area contributed by atoms with Crippen LogP contribution in [0.5, 0.6) is 0 Å². The topological polar surface area (TPSA) is 77.8 Å². The fourth-order valence-electron chi connectivity index (χ4n) is 2.31. The normalized spacial score (nSPS) is 24.1. The standard InChI is InChI=1S/C12H14N4O/c13-10-3-1-2-9(10)11-15-12(17-16-11)8-4-6-14-7-5-8/h4-7,9-10H,1-3,13H2/t9-,10-/m0/s1. The highest BCUT2D eigenvalue weighted by molar-refractivity contribution is 5.51. The van der Waals surface area contributed by atoms with E-state index < -0.39 is 0 Å². The Labute approximate surface area is 99.1 Å². The van der Waals surface area contributed by atoms with Crippen molar-refractivity contribution >= 4 is 0 Å². The summed E-state index contributed by atoms with van der Waals surface area (Å²) in [5, 5.41) is 4.04. The van der Waals surface area contributed by atoms with Gasteiger partial charge in [0.15, 0.2) is 5.82 Å². The number of pyridine rings is 1. The number of hydrogen-bond donors (Lipinski definition) is 1. The van der Waals surface area contributed by atoms with Crippen molar-refractivity contribution in [3.63, 3.8) is 0 Å². The fourth-order valence-corrected chi connectivity index (χ4v) is 2.31. The van der Waals surface area contributed by atoms with Gasteiger partial charge in [-0.15, -0.1) is 0 Å². The lowest BCUT2D eigenvalue weighted by Gasteiger charge is -2.09. The second kappa shape index (κ2) is 4.25. The van der Waals surface area contributed by atoms with Crippen molar-refractivity contribution in [2.75, 3.05) is 0 Å². The first-order chi connectivity index (χ1) is 8.34. The van der Waals surface area contributed by atoms with Crippen molar-refractivity contribution in [1.82, 2.24) is 15.1 Å². The summed E-state index contributed by atoms with van der Waals surface area (Å²) in [7, 11) is 0. The Morgan fingerprint density at radius 2 is 2.06 bits per heavy atom. The van der Waals surface area contributed by atoms with Gasteiger partial charge in [0.05, 0.1) is 0 Å². The van der Waals surface area contributed by atoms with E-state index >= 15 is 0 Å². The van der Waals surface area contributed by atoms with E-state index in [1.807, 2.05) is 12.1 Å². The lowest BCUT2D eigenvalue weighted by Crippen LogP contribution is -2.23. The average molecular weight is 230 g/mol. The Balaban J connectivity index is 1.88. The number of nitrogens with zero attached hydrogens (tertiary/aromatic N) is 3. The van der Waals surface area contributed by atoms with E-state index in [1.54, 1.807) is 12.4 Å². The van der Waals surface area contributed by atoms with Crippen molar-refractivity contribution in [3.8, 4) is 11.5 Å². The van der Waals surface area contributed by atoms with Gasteiger partial charge in [-0.1, -0.05) is 11.6 Å². The van der Waals surface area contributed by atoms with Crippen LogP contribution < -0.4 is 5.73 Å². The molecule has 2 N–H and O–H groups in total. The van der Waals surface area contributed by atoms with E-state index in [0.717, 1.165) is 30.7 Å². The molecule has 0 aliphatic heterocycles. The Morgan fingerprint density at radius 3 is 2.76 bits per heavy atom. The van der Waals surface area contributed by atoms with Crippen LogP contribution in [0, 0.1) is 0 Å². The van der Waals surface area contributed by atoms with E-state index in [0.29, 0.717) is 5.89 Å². The molecule has 2 aromatic heterocycles. The molecule has 0 amide bonds. The molecule has 1 aliphatic rings. The second-order valence-corrected chi connectivity index (χ2v) is 4.39. The Hall–Kier alpha value is -1.75. The van der Waals surface area contributed by atoms with Crippen molar-refractivity contribution in [2.45, 2.75) is 31.2 Å². The van der Waals surface area contributed by atoms with E-state index in [1.165, 1.54) is 0 Å². The highest BCUT2D eigenvalue weighted by Crippen LogP contribution is 2.32. The Kier molecular flexibility index (Phi) is 2.60. The number of aromatic nitrogens is 3. The summed E-state index contributed by atoms with van der Waals surface area (Å²) >= 11 is 0. The van der Waals surface area contributed by atoms with Crippen LogP contribution in [0.25, 0.3) is 11.5 Å². The van der Waals surface area contributed by atoms with Gasteiger partial charge in [0.25, 0.3) is 5.89 Å². The van der Waals surface area contributed by atoms with E-state index in [2.05, 4.69) is 15.1 Å². The smallest absolute Gasteiger partial charge is 0.258 e. The molecule has 2 atom stereocenters. The van der Waals surface area contributed by atoms with Crippen molar-refractivity contribution in [3.05, 3.63) is 30.4 Å².